The topological polar surface area (TPSA) is 106 Å². The highest BCUT2D eigenvalue weighted by Gasteiger charge is 2.22. The second-order valence-corrected chi connectivity index (χ2v) is 7.83. The van der Waals surface area contributed by atoms with Crippen LogP contribution >= 0.6 is 0 Å². The maximum absolute atomic E-state index is 12.7. The summed E-state index contributed by atoms with van der Waals surface area (Å²) in [5.74, 6) is 0. The SMILES string of the molecule is C=CCn1c(=O)n(CC(O)CCC)c(=O)n(CC(O)CC(C)(C)C)c1=O. The van der Waals surface area contributed by atoms with Gasteiger partial charge in [0.15, 0.2) is 0 Å². The summed E-state index contributed by atoms with van der Waals surface area (Å²) >= 11 is 0. The number of nitrogens with zero attached hydrogens (tertiary/aromatic N) is 3. The fourth-order valence-corrected chi connectivity index (χ4v) is 2.90. The molecule has 2 N–H and O–H groups in total. The lowest BCUT2D eigenvalue weighted by Crippen LogP contribution is -2.56. The van der Waals surface area contributed by atoms with Crippen molar-refractivity contribution in [3.05, 3.63) is 44.1 Å². The van der Waals surface area contributed by atoms with E-state index in [2.05, 4.69) is 6.58 Å². The second kappa shape index (κ2) is 9.14. The second-order valence-electron chi connectivity index (χ2n) is 7.83. The largest absolute Gasteiger partial charge is 0.391 e. The number of aliphatic hydroxyl groups excluding tert-OH is 2. The standard InChI is InChI=1S/C18H31N3O5/c1-6-8-13(22)11-20-15(24)19(9-7-2)16(25)21(17(20)26)12-14(23)10-18(3,4)5/h7,13-14,22-23H,2,6,8-12H2,1,3-5H3. The van der Waals surface area contributed by atoms with Crippen LogP contribution < -0.4 is 17.1 Å². The van der Waals surface area contributed by atoms with Gasteiger partial charge in [0, 0.05) is 0 Å². The quantitative estimate of drug-likeness (QED) is 0.610. The highest BCUT2D eigenvalue weighted by atomic mass is 16.3. The molecule has 2 atom stereocenters. The van der Waals surface area contributed by atoms with Crippen LogP contribution in [0.15, 0.2) is 27.0 Å². The smallest absolute Gasteiger partial charge is 0.336 e. The van der Waals surface area contributed by atoms with Crippen LogP contribution in [0.1, 0.15) is 47.0 Å². The minimum absolute atomic E-state index is 0.0583. The third-order valence-corrected chi connectivity index (χ3v) is 3.95. The van der Waals surface area contributed by atoms with Crippen molar-refractivity contribution in [3.8, 4) is 0 Å². The molecule has 1 heterocycles. The van der Waals surface area contributed by atoms with E-state index in [1.807, 2.05) is 27.7 Å². The van der Waals surface area contributed by atoms with E-state index in [0.717, 1.165) is 13.7 Å². The zero-order valence-corrected chi connectivity index (χ0v) is 16.1. The van der Waals surface area contributed by atoms with Gasteiger partial charge >= 0.3 is 17.1 Å². The van der Waals surface area contributed by atoms with Gasteiger partial charge in [0.25, 0.3) is 0 Å². The van der Waals surface area contributed by atoms with E-state index in [4.69, 9.17) is 0 Å². The first-order valence-electron chi connectivity index (χ1n) is 8.93. The van der Waals surface area contributed by atoms with Crippen molar-refractivity contribution >= 4 is 0 Å². The van der Waals surface area contributed by atoms with Crippen molar-refractivity contribution in [3.63, 3.8) is 0 Å². The number of aromatic nitrogens is 3. The molecule has 0 aliphatic heterocycles. The molecule has 0 amide bonds. The molecule has 26 heavy (non-hydrogen) atoms. The van der Waals surface area contributed by atoms with Gasteiger partial charge < -0.3 is 10.2 Å². The predicted molar refractivity (Wildman–Crippen MR) is 100 cm³/mol. The Bertz CT molecular complexity index is 782. The minimum Gasteiger partial charge on any atom is -0.391 e. The Morgan fingerprint density at radius 2 is 1.42 bits per heavy atom. The lowest BCUT2D eigenvalue weighted by atomic mass is 9.89. The molecule has 148 valence electrons. The Balaban J connectivity index is 3.42. The molecule has 0 bridgehead atoms. The summed E-state index contributed by atoms with van der Waals surface area (Å²) in [5, 5.41) is 20.3. The normalized spacial score (nSPS) is 14.2. The number of hydrogen-bond donors (Lipinski definition) is 2. The first-order valence-corrected chi connectivity index (χ1v) is 8.93. The first kappa shape index (κ1) is 22.1. The highest BCUT2D eigenvalue weighted by molar-refractivity contribution is 4.84. The number of aliphatic hydroxyl groups is 2. The molecule has 0 spiro atoms. The van der Waals surface area contributed by atoms with Gasteiger partial charge in [-0.15, -0.1) is 6.58 Å². The Kier molecular flexibility index (Phi) is 7.77. The van der Waals surface area contributed by atoms with Crippen molar-refractivity contribution < 1.29 is 10.2 Å². The van der Waals surface area contributed by atoms with Gasteiger partial charge in [-0.05, 0) is 18.3 Å². The molecule has 0 aliphatic carbocycles. The van der Waals surface area contributed by atoms with Crippen LogP contribution in [0, 0.1) is 5.41 Å². The van der Waals surface area contributed by atoms with E-state index in [1.165, 1.54) is 6.08 Å². The Morgan fingerprint density at radius 3 is 1.85 bits per heavy atom. The summed E-state index contributed by atoms with van der Waals surface area (Å²) in [4.78, 5) is 37.7. The number of rotatable bonds is 9. The van der Waals surface area contributed by atoms with Crippen LogP contribution in [0.2, 0.25) is 0 Å². The highest BCUT2D eigenvalue weighted by Crippen LogP contribution is 2.20. The van der Waals surface area contributed by atoms with Crippen molar-refractivity contribution in [2.45, 2.75) is 78.8 Å². The third kappa shape index (κ3) is 5.81. The van der Waals surface area contributed by atoms with Gasteiger partial charge in [-0.2, -0.15) is 0 Å². The maximum Gasteiger partial charge on any atom is 0.336 e. The van der Waals surface area contributed by atoms with E-state index in [0.29, 0.717) is 19.3 Å². The first-order chi connectivity index (χ1) is 12.0. The Labute approximate surface area is 153 Å². The molecular formula is C18H31N3O5. The fraction of sp³-hybridized carbons (Fsp3) is 0.722. The van der Waals surface area contributed by atoms with E-state index in [9.17, 15) is 24.6 Å². The van der Waals surface area contributed by atoms with Gasteiger partial charge in [0.05, 0.1) is 31.8 Å². The van der Waals surface area contributed by atoms with Gasteiger partial charge in [-0.1, -0.05) is 40.2 Å². The van der Waals surface area contributed by atoms with E-state index >= 15 is 0 Å². The van der Waals surface area contributed by atoms with Crippen molar-refractivity contribution in [1.82, 2.24) is 13.7 Å². The minimum atomic E-state index is -0.913. The van der Waals surface area contributed by atoms with Crippen LogP contribution in [0.25, 0.3) is 0 Å². The van der Waals surface area contributed by atoms with E-state index in [1.54, 1.807) is 0 Å². The van der Waals surface area contributed by atoms with Crippen LogP contribution in [-0.4, -0.2) is 36.1 Å². The molecule has 1 rings (SSSR count). The van der Waals surface area contributed by atoms with Crippen LogP contribution in [0.4, 0.5) is 0 Å². The molecule has 0 radical (unpaired) electrons. The van der Waals surface area contributed by atoms with Crippen LogP contribution in [0.5, 0.6) is 0 Å². The van der Waals surface area contributed by atoms with E-state index < -0.39 is 29.3 Å². The molecule has 1 aromatic rings. The summed E-state index contributed by atoms with van der Waals surface area (Å²) in [6.07, 6.45) is 1.12. The van der Waals surface area contributed by atoms with E-state index in [-0.39, 0.29) is 25.0 Å². The summed E-state index contributed by atoms with van der Waals surface area (Å²) in [6, 6.07) is 0. The zero-order valence-electron chi connectivity index (χ0n) is 16.1. The average Bonchev–Trinajstić information content (AvgIpc) is 2.51. The van der Waals surface area contributed by atoms with Gasteiger partial charge in [0.1, 0.15) is 0 Å². The third-order valence-electron chi connectivity index (χ3n) is 3.95. The summed E-state index contributed by atoms with van der Waals surface area (Å²) in [7, 11) is 0. The van der Waals surface area contributed by atoms with Crippen molar-refractivity contribution in [2.75, 3.05) is 0 Å². The van der Waals surface area contributed by atoms with Crippen LogP contribution in [-0.2, 0) is 19.6 Å². The van der Waals surface area contributed by atoms with Crippen molar-refractivity contribution in [2.24, 2.45) is 5.41 Å². The molecular weight excluding hydrogens is 338 g/mol. The lowest BCUT2D eigenvalue weighted by molar-refractivity contribution is 0.0987. The summed E-state index contributed by atoms with van der Waals surface area (Å²) in [6.45, 7) is 10.8. The Morgan fingerprint density at radius 1 is 0.962 bits per heavy atom. The molecule has 8 nitrogen and oxygen atoms in total. The molecule has 0 saturated carbocycles. The van der Waals surface area contributed by atoms with Crippen molar-refractivity contribution in [1.29, 1.82) is 0 Å². The summed E-state index contributed by atoms with van der Waals surface area (Å²) < 4.78 is 2.60. The molecule has 0 aromatic carbocycles. The average molecular weight is 369 g/mol. The Hall–Kier alpha value is -1.93. The molecule has 2 unspecified atom stereocenters. The summed E-state index contributed by atoms with van der Waals surface area (Å²) in [5.41, 5.74) is -2.57. The molecule has 0 aliphatic rings. The lowest BCUT2D eigenvalue weighted by Gasteiger charge is -2.23. The fourth-order valence-electron chi connectivity index (χ4n) is 2.90. The van der Waals surface area contributed by atoms with Crippen LogP contribution in [0.3, 0.4) is 0 Å². The number of hydrogen-bond acceptors (Lipinski definition) is 5. The molecule has 8 heteroatoms. The number of allylic oxidation sites excluding steroid dienone is 1. The molecule has 0 fully saturated rings. The monoisotopic (exact) mass is 369 g/mol. The predicted octanol–water partition coefficient (Wildman–Crippen LogP) is 0.316. The van der Waals surface area contributed by atoms with Gasteiger partial charge in [-0.25, -0.2) is 28.1 Å². The molecule has 0 saturated heterocycles. The van der Waals surface area contributed by atoms with Gasteiger partial charge in [0.2, 0.25) is 0 Å². The van der Waals surface area contributed by atoms with Gasteiger partial charge in [-0.3, -0.25) is 0 Å². The molecule has 1 aromatic heterocycles. The zero-order chi connectivity index (χ0) is 20.1. The maximum atomic E-state index is 12.7.